The first-order valence-corrected chi connectivity index (χ1v) is 11.9. The Morgan fingerprint density at radius 1 is 1.12 bits per heavy atom. The molecule has 5 unspecified atom stereocenters. The predicted molar refractivity (Wildman–Crippen MR) is 131 cm³/mol. The van der Waals surface area contributed by atoms with E-state index in [0.717, 1.165) is 42.6 Å². The van der Waals surface area contributed by atoms with E-state index in [1.807, 2.05) is 32.0 Å². The summed E-state index contributed by atoms with van der Waals surface area (Å²) in [6.07, 6.45) is 7.36. The Hall–Kier alpha value is -3.20. The highest BCUT2D eigenvalue weighted by Crippen LogP contribution is 2.47. The van der Waals surface area contributed by atoms with Crippen molar-refractivity contribution in [3.63, 3.8) is 0 Å². The summed E-state index contributed by atoms with van der Waals surface area (Å²) in [6.45, 7) is 6.22. The molecule has 34 heavy (non-hydrogen) atoms. The van der Waals surface area contributed by atoms with E-state index < -0.39 is 5.60 Å². The number of hydrogen-bond donors (Lipinski definition) is 4. The summed E-state index contributed by atoms with van der Waals surface area (Å²) in [4.78, 5) is 13.9. The Bertz CT molecular complexity index is 1160. The van der Waals surface area contributed by atoms with Gasteiger partial charge in [0.05, 0.1) is 24.6 Å². The molecule has 9 nitrogen and oxygen atoms in total. The van der Waals surface area contributed by atoms with Gasteiger partial charge < -0.3 is 20.5 Å². The third-order valence-corrected chi connectivity index (χ3v) is 7.12. The molecule has 5 atom stereocenters. The van der Waals surface area contributed by atoms with Gasteiger partial charge in [-0.2, -0.15) is 10.1 Å². The van der Waals surface area contributed by atoms with Crippen LogP contribution >= 0.6 is 0 Å². The maximum Gasteiger partial charge on any atom is 0.225 e. The number of pyridine rings is 1. The molecule has 0 aromatic carbocycles. The maximum atomic E-state index is 10.8. The molecule has 2 bridgehead atoms. The van der Waals surface area contributed by atoms with E-state index in [1.165, 1.54) is 0 Å². The number of nitrogens with zero attached hydrogens (tertiary/aromatic N) is 4. The summed E-state index contributed by atoms with van der Waals surface area (Å²) in [5.74, 6) is 3.98. The molecule has 2 aliphatic rings. The number of fused-ring (bicyclic) bond motifs is 2. The number of nitrogens with one attached hydrogen (secondary N) is 3. The third kappa shape index (κ3) is 4.84. The van der Waals surface area contributed by atoms with Crippen LogP contribution in [0.1, 0.15) is 45.2 Å². The van der Waals surface area contributed by atoms with Crippen LogP contribution in [0.4, 0.5) is 17.6 Å². The standard InChI is InChI=1S/C25H33N7O2/c1-14-5-16-7-17(11-25(3,33)10-16)23(14)30-24-27-20(18-8-19(34-4)13-26-12-18)9-21(29-24)28-22-6-15(2)31-32-22/h6,8-9,12-14,16-17,23,33H,5,7,10-11H2,1-4H3,(H3,27,28,29,30,31,32). The average molecular weight is 464 g/mol. The van der Waals surface area contributed by atoms with Crippen molar-refractivity contribution in [2.24, 2.45) is 17.8 Å². The summed E-state index contributed by atoms with van der Waals surface area (Å²) < 4.78 is 5.36. The van der Waals surface area contributed by atoms with Gasteiger partial charge in [-0.05, 0) is 63.4 Å². The van der Waals surface area contributed by atoms with Gasteiger partial charge >= 0.3 is 0 Å². The SMILES string of the molecule is COc1cncc(-c2cc(Nc3cc(C)[nH]n3)nc(NC3C(C)CC4CC3CC(C)(O)C4)n2)c1. The molecular formula is C25H33N7O2. The molecule has 0 spiro atoms. The van der Waals surface area contributed by atoms with E-state index in [0.29, 0.717) is 41.1 Å². The summed E-state index contributed by atoms with van der Waals surface area (Å²) in [5.41, 5.74) is 1.92. The summed E-state index contributed by atoms with van der Waals surface area (Å²) >= 11 is 0. The highest BCUT2D eigenvalue weighted by atomic mass is 16.5. The number of aromatic amines is 1. The Morgan fingerprint density at radius 3 is 2.74 bits per heavy atom. The second-order valence-electron chi connectivity index (χ2n) is 10.3. The fourth-order valence-electron chi connectivity index (χ4n) is 5.87. The van der Waals surface area contributed by atoms with Crippen molar-refractivity contribution in [1.82, 2.24) is 25.1 Å². The number of hydrogen-bond acceptors (Lipinski definition) is 8. The Kier molecular flexibility index (Phi) is 5.89. The highest BCUT2D eigenvalue weighted by Gasteiger charge is 2.45. The lowest BCUT2D eigenvalue weighted by Crippen LogP contribution is -2.50. The van der Waals surface area contributed by atoms with E-state index in [9.17, 15) is 5.11 Å². The van der Waals surface area contributed by atoms with Crippen LogP contribution in [0.15, 0.2) is 30.6 Å². The number of anilines is 3. The maximum absolute atomic E-state index is 10.8. The Morgan fingerprint density at radius 2 is 1.97 bits per heavy atom. The van der Waals surface area contributed by atoms with Crippen LogP contribution in [-0.2, 0) is 0 Å². The zero-order valence-corrected chi connectivity index (χ0v) is 20.2. The molecule has 3 aromatic rings. The molecule has 180 valence electrons. The number of ether oxygens (including phenoxy) is 1. The van der Waals surface area contributed by atoms with E-state index in [2.05, 4.69) is 32.7 Å². The number of H-pyrrole nitrogens is 1. The van der Waals surface area contributed by atoms with Crippen LogP contribution in [0.3, 0.4) is 0 Å². The molecule has 0 amide bonds. The van der Waals surface area contributed by atoms with Gasteiger partial charge in [0, 0.05) is 35.6 Å². The van der Waals surface area contributed by atoms with E-state index in [4.69, 9.17) is 14.7 Å². The average Bonchev–Trinajstić information content (AvgIpc) is 3.19. The van der Waals surface area contributed by atoms with Gasteiger partial charge in [-0.15, -0.1) is 0 Å². The molecule has 3 aromatic heterocycles. The van der Waals surface area contributed by atoms with Crippen LogP contribution in [0.2, 0.25) is 0 Å². The zero-order chi connectivity index (χ0) is 23.9. The Labute approximate surface area is 199 Å². The minimum atomic E-state index is -0.604. The van der Waals surface area contributed by atoms with Gasteiger partial charge in [0.1, 0.15) is 11.6 Å². The van der Waals surface area contributed by atoms with Crippen molar-refractivity contribution in [3.05, 3.63) is 36.3 Å². The molecule has 0 saturated heterocycles. The molecule has 0 aliphatic heterocycles. The third-order valence-electron chi connectivity index (χ3n) is 7.12. The van der Waals surface area contributed by atoms with Crippen LogP contribution in [0.25, 0.3) is 11.3 Å². The van der Waals surface area contributed by atoms with Crippen LogP contribution < -0.4 is 15.4 Å². The van der Waals surface area contributed by atoms with Crippen molar-refractivity contribution < 1.29 is 9.84 Å². The van der Waals surface area contributed by atoms with Crippen molar-refractivity contribution >= 4 is 17.6 Å². The molecular weight excluding hydrogens is 430 g/mol. The van der Waals surface area contributed by atoms with Crippen LogP contribution in [-0.4, -0.2) is 49.0 Å². The lowest BCUT2D eigenvalue weighted by Gasteiger charge is -2.49. The fraction of sp³-hybridized carbons (Fsp3) is 0.520. The van der Waals surface area contributed by atoms with E-state index in [1.54, 1.807) is 19.5 Å². The number of methoxy groups -OCH3 is 1. The van der Waals surface area contributed by atoms with E-state index in [-0.39, 0.29) is 6.04 Å². The van der Waals surface area contributed by atoms with Crippen molar-refractivity contribution in [2.45, 2.75) is 58.1 Å². The van der Waals surface area contributed by atoms with Crippen molar-refractivity contribution in [3.8, 4) is 17.0 Å². The van der Waals surface area contributed by atoms with Crippen LogP contribution in [0, 0.1) is 24.7 Å². The summed E-state index contributed by atoms with van der Waals surface area (Å²) in [7, 11) is 1.62. The molecule has 9 heteroatoms. The molecule has 3 heterocycles. The zero-order valence-electron chi connectivity index (χ0n) is 20.2. The smallest absolute Gasteiger partial charge is 0.225 e. The largest absolute Gasteiger partial charge is 0.495 e. The number of aryl methyl sites for hydroxylation is 1. The quantitative estimate of drug-likeness (QED) is 0.427. The number of aromatic nitrogens is 5. The molecule has 0 radical (unpaired) electrons. The first kappa shape index (κ1) is 22.6. The predicted octanol–water partition coefficient (Wildman–Crippen LogP) is 4.31. The molecule has 2 aliphatic carbocycles. The van der Waals surface area contributed by atoms with Gasteiger partial charge in [-0.3, -0.25) is 10.1 Å². The lowest BCUT2D eigenvalue weighted by molar-refractivity contribution is -0.0502. The summed E-state index contributed by atoms with van der Waals surface area (Å²) in [6, 6.07) is 5.92. The van der Waals surface area contributed by atoms with Gasteiger partial charge in [-0.25, -0.2) is 4.98 Å². The summed E-state index contributed by atoms with van der Waals surface area (Å²) in [5, 5.41) is 25.0. The molecule has 5 rings (SSSR count). The van der Waals surface area contributed by atoms with Crippen LogP contribution in [0.5, 0.6) is 5.75 Å². The van der Waals surface area contributed by atoms with E-state index >= 15 is 0 Å². The number of aliphatic hydroxyl groups is 1. The minimum Gasteiger partial charge on any atom is -0.495 e. The molecule has 2 saturated carbocycles. The molecule has 2 fully saturated rings. The number of rotatable bonds is 6. The van der Waals surface area contributed by atoms with Gasteiger partial charge in [0.2, 0.25) is 5.95 Å². The van der Waals surface area contributed by atoms with Gasteiger partial charge in [-0.1, -0.05) is 6.92 Å². The topological polar surface area (TPSA) is 121 Å². The first-order valence-electron chi connectivity index (χ1n) is 11.9. The highest BCUT2D eigenvalue weighted by molar-refractivity contribution is 5.67. The van der Waals surface area contributed by atoms with Crippen molar-refractivity contribution in [1.29, 1.82) is 0 Å². The Balaban J connectivity index is 1.48. The molecule has 4 N–H and O–H groups in total. The fourth-order valence-corrected chi connectivity index (χ4v) is 5.87. The monoisotopic (exact) mass is 463 g/mol. The first-order chi connectivity index (χ1) is 16.3. The minimum absolute atomic E-state index is 0.196. The second-order valence-corrected chi connectivity index (χ2v) is 10.3. The van der Waals surface area contributed by atoms with Crippen molar-refractivity contribution in [2.75, 3.05) is 17.7 Å². The lowest BCUT2D eigenvalue weighted by atomic mass is 9.61. The van der Waals surface area contributed by atoms with Gasteiger partial charge in [0.15, 0.2) is 5.82 Å². The normalized spacial score (nSPS) is 28.4. The second kappa shape index (κ2) is 8.87. The van der Waals surface area contributed by atoms with Gasteiger partial charge in [0.25, 0.3) is 0 Å².